The molecule has 0 radical (unpaired) electrons. The minimum Gasteiger partial charge on any atom is -0.361 e. The van der Waals surface area contributed by atoms with Crippen molar-refractivity contribution in [1.29, 1.82) is 0 Å². The summed E-state index contributed by atoms with van der Waals surface area (Å²) in [4.78, 5) is 4.60. The SMILES string of the molecule is Cc1cn(C2CCCCC2)c(NCc2cc(C)on2)n1. The van der Waals surface area contributed by atoms with Crippen LogP contribution in [-0.2, 0) is 6.54 Å². The summed E-state index contributed by atoms with van der Waals surface area (Å²) in [6, 6.07) is 2.54. The highest BCUT2D eigenvalue weighted by molar-refractivity contribution is 5.30. The van der Waals surface area contributed by atoms with Gasteiger partial charge in [0, 0.05) is 18.3 Å². The number of hydrogen-bond donors (Lipinski definition) is 1. The summed E-state index contributed by atoms with van der Waals surface area (Å²) in [5.41, 5.74) is 1.98. The fourth-order valence-electron chi connectivity index (χ4n) is 2.96. The lowest BCUT2D eigenvalue weighted by Crippen LogP contribution is -2.15. The summed E-state index contributed by atoms with van der Waals surface area (Å²) >= 11 is 0. The summed E-state index contributed by atoms with van der Waals surface area (Å²) in [6.07, 6.45) is 8.69. The van der Waals surface area contributed by atoms with E-state index in [9.17, 15) is 0 Å². The van der Waals surface area contributed by atoms with E-state index in [1.807, 2.05) is 19.9 Å². The Morgan fingerprint density at radius 2 is 2.10 bits per heavy atom. The molecule has 1 aliphatic carbocycles. The summed E-state index contributed by atoms with van der Waals surface area (Å²) in [5.74, 6) is 1.80. The van der Waals surface area contributed by atoms with Gasteiger partial charge in [-0.15, -0.1) is 0 Å². The van der Waals surface area contributed by atoms with Crippen LogP contribution in [0.1, 0.15) is 55.3 Å². The van der Waals surface area contributed by atoms with E-state index >= 15 is 0 Å². The number of nitrogens with one attached hydrogen (secondary N) is 1. The maximum absolute atomic E-state index is 5.09. The number of imidazole rings is 1. The molecule has 0 aromatic carbocycles. The molecule has 0 aliphatic heterocycles. The first-order valence-corrected chi connectivity index (χ1v) is 7.44. The van der Waals surface area contributed by atoms with Crippen LogP contribution in [0.5, 0.6) is 0 Å². The van der Waals surface area contributed by atoms with Crippen molar-refractivity contribution in [2.24, 2.45) is 0 Å². The van der Waals surface area contributed by atoms with E-state index in [-0.39, 0.29) is 0 Å². The van der Waals surface area contributed by atoms with Crippen molar-refractivity contribution in [3.63, 3.8) is 0 Å². The van der Waals surface area contributed by atoms with E-state index in [4.69, 9.17) is 4.52 Å². The Morgan fingerprint density at radius 1 is 1.30 bits per heavy atom. The van der Waals surface area contributed by atoms with Gasteiger partial charge >= 0.3 is 0 Å². The normalized spacial score (nSPS) is 16.5. The van der Waals surface area contributed by atoms with Crippen LogP contribution >= 0.6 is 0 Å². The third kappa shape index (κ3) is 2.86. The number of rotatable bonds is 4. The molecule has 1 fully saturated rings. The molecule has 0 saturated heterocycles. The lowest BCUT2D eigenvalue weighted by atomic mass is 9.95. The molecule has 2 heterocycles. The molecule has 1 saturated carbocycles. The number of anilines is 1. The number of aromatic nitrogens is 3. The van der Waals surface area contributed by atoms with Crippen molar-refractivity contribution < 1.29 is 4.52 Å². The third-order valence-corrected chi connectivity index (χ3v) is 3.93. The largest absolute Gasteiger partial charge is 0.361 e. The van der Waals surface area contributed by atoms with Crippen LogP contribution < -0.4 is 5.32 Å². The second-order valence-corrected chi connectivity index (χ2v) is 5.69. The Balaban J connectivity index is 1.71. The minimum absolute atomic E-state index is 0.589. The van der Waals surface area contributed by atoms with Crippen LogP contribution in [-0.4, -0.2) is 14.7 Å². The molecule has 2 aromatic heterocycles. The number of hydrogen-bond acceptors (Lipinski definition) is 4. The smallest absolute Gasteiger partial charge is 0.203 e. The van der Waals surface area contributed by atoms with Crippen LogP contribution in [0.3, 0.4) is 0 Å². The second kappa shape index (κ2) is 5.69. The highest BCUT2D eigenvalue weighted by Crippen LogP contribution is 2.30. The lowest BCUT2D eigenvalue weighted by Gasteiger charge is -2.24. The minimum atomic E-state index is 0.589. The molecule has 0 amide bonds. The van der Waals surface area contributed by atoms with Crippen LogP contribution in [0.15, 0.2) is 16.8 Å². The van der Waals surface area contributed by atoms with Gasteiger partial charge in [0.1, 0.15) is 11.5 Å². The molecule has 0 atom stereocenters. The van der Waals surface area contributed by atoms with E-state index in [2.05, 4.69) is 26.2 Å². The first kappa shape index (κ1) is 13.2. The molecule has 5 heteroatoms. The standard InChI is InChI=1S/C15H22N4O/c1-11-10-19(14-6-4-3-5-7-14)15(17-11)16-9-13-8-12(2)20-18-13/h8,10,14H,3-7,9H2,1-2H3,(H,16,17). The van der Waals surface area contributed by atoms with E-state index in [1.165, 1.54) is 32.1 Å². The van der Waals surface area contributed by atoms with Gasteiger partial charge in [-0.2, -0.15) is 0 Å². The first-order chi connectivity index (χ1) is 9.72. The number of nitrogens with zero attached hydrogens (tertiary/aromatic N) is 3. The predicted molar refractivity (Wildman–Crippen MR) is 77.7 cm³/mol. The monoisotopic (exact) mass is 274 g/mol. The molecular formula is C15H22N4O. The quantitative estimate of drug-likeness (QED) is 0.925. The van der Waals surface area contributed by atoms with Gasteiger partial charge in [0.2, 0.25) is 5.95 Å². The molecule has 20 heavy (non-hydrogen) atoms. The molecule has 0 bridgehead atoms. The molecule has 0 unspecified atom stereocenters. The van der Waals surface area contributed by atoms with Crippen molar-refractivity contribution >= 4 is 5.95 Å². The Labute approximate surface area is 119 Å². The summed E-state index contributed by atoms with van der Waals surface area (Å²) in [6.45, 7) is 4.61. The van der Waals surface area contributed by atoms with Crippen LogP contribution in [0.4, 0.5) is 5.95 Å². The molecule has 3 rings (SSSR count). The summed E-state index contributed by atoms with van der Waals surface area (Å²) in [5, 5.41) is 7.40. The van der Waals surface area contributed by atoms with E-state index in [0.717, 1.165) is 23.1 Å². The van der Waals surface area contributed by atoms with Gasteiger partial charge in [0.25, 0.3) is 0 Å². The molecule has 5 nitrogen and oxygen atoms in total. The summed E-state index contributed by atoms with van der Waals surface area (Å²) < 4.78 is 7.39. The first-order valence-electron chi connectivity index (χ1n) is 7.44. The zero-order valence-electron chi connectivity index (χ0n) is 12.2. The van der Waals surface area contributed by atoms with Crippen molar-refractivity contribution in [2.75, 3.05) is 5.32 Å². The predicted octanol–water partition coefficient (Wildman–Crippen LogP) is 3.61. The van der Waals surface area contributed by atoms with Crippen molar-refractivity contribution in [2.45, 2.75) is 58.5 Å². The maximum Gasteiger partial charge on any atom is 0.203 e. The summed E-state index contributed by atoms with van der Waals surface area (Å²) in [7, 11) is 0. The third-order valence-electron chi connectivity index (χ3n) is 3.93. The number of aryl methyl sites for hydroxylation is 2. The topological polar surface area (TPSA) is 55.9 Å². The van der Waals surface area contributed by atoms with E-state index in [1.54, 1.807) is 0 Å². The van der Waals surface area contributed by atoms with Crippen molar-refractivity contribution in [1.82, 2.24) is 14.7 Å². The zero-order valence-corrected chi connectivity index (χ0v) is 12.2. The Morgan fingerprint density at radius 3 is 2.80 bits per heavy atom. The fraction of sp³-hybridized carbons (Fsp3) is 0.600. The van der Waals surface area contributed by atoms with Crippen LogP contribution in [0.2, 0.25) is 0 Å². The average Bonchev–Trinajstić information content (AvgIpc) is 3.03. The second-order valence-electron chi connectivity index (χ2n) is 5.69. The average molecular weight is 274 g/mol. The highest BCUT2D eigenvalue weighted by atomic mass is 16.5. The van der Waals surface area contributed by atoms with Gasteiger partial charge in [0.05, 0.1) is 12.2 Å². The Bertz CT molecular complexity index is 566. The molecule has 108 valence electrons. The lowest BCUT2D eigenvalue weighted by molar-refractivity contribution is 0.355. The highest BCUT2D eigenvalue weighted by Gasteiger charge is 2.18. The molecular weight excluding hydrogens is 252 g/mol. The van der Waals surface area contributed by atoms with Crippen LogP contribution in [0.25, 0.3) is 0 Å². The Kier molecular flexibility index (Phi) is 3.76. The molecule has 0 spiro atoms. The van der Waals surface area contributed by atoms with E-state index in [0.29, 0.717) is 12.6 Å². The maximum atomic E-state index is 5.09. The van der Waals surface area contributed by atoms with E-state index < -0.39 is 0 Å². The van der Waals surface area contributed by atoms with Crippen LogP contribution in [0, 0.1) is 13.8 Å². The van der Waals surface area contributed by atoms with Gasteiger partial charge in [-0.1, -0.05) is 24.4 Å². The fourth-order valence-corrected chi connectivity index (χ4v) is 2.96. The molecule has 1 aliphatic rings. The zero-order chi connectivity index (χ0) is 13.9. The van der Waals surface area contributed by atoms with Gasteiger partial charge in [-0.3, -0.25) is 0 Å². The molecule has 2 aromatic rings. The van der Waals surface area contributed by atoms with Crippen molar-refractivity contribution in [3.8, 4) is 0 Å². The van der Waals surface area contributed by atoms with Gasteiger partial charge in [-0.05, 0) is 26.7 Å². The van der Waals surface area contributed by atoms with Crippen molar-refractivity contribution in [3.05, 3.63) is 29.4 Å². The van der Waals surface area contributed by atoms with Gasteiger partial charge in [-0.25, -0.2) is 4.98 Å². The molecule has 1 N–H and O–H groups in total. The Hall–Kier alpha value is -1.78. The van der Waals surface area contributed by atoms with Gasteiger partial charge in [0.15, 0.2) is 0 Å². The van der Waals surface area contributed by atoms with Gasteiger partial charge < -0.3 is 14.4 Å².